The molecular formula is C14H17NO. The summed E-state index contributed by atoms with van der Waals surface area (Å²) < 4.78 is 0. The summed E-state index contributed by atoms with van der Waals surface area (Å²) in [4.78, 5) is 0. The number of nitriles is 1. The normalized spacial score (nSPS) is 19.7. The summed E-state index contributed by atoms with van der Waals surface area (Å²) in [6.45, 7) is 0. The first kappa shape index (κ1) is 11.0. The fourth-order valence-corrected chi connectivity index (χ4v) is 2.58. The van der Waals surface area contributed by atoms with Gasteiger partial charge in [-0.05, 0) is 30.5 Å². The molecule has 0 aromatic heterocycles. The van der Waals surface area contributed by atoms with E-state index in [0.717, 1.165) is 31.2 Å². The van der Waals surface area contributed by atoms with Crippen molar-refractivity contribution in [1.29, 1.82) is 5.26 Å². The minimum Gasteiger partial charge on any atom is -0.508 e. The van der Waals surface area contributed by atoms with E-state index < -0.39 is 0 Å². The Labute approximate surface area is 96.5 Å². The fourth-order valence-electron chi connectivity index (χ4n) is 2.58. The van der Waals surface area contributed by atoms with Gasteiger partial charge in [0.05, 0.1) is 11.5 Å². The first-order valence-electron chi connectivity index (χ1n) is 5.98. The van der Waals surface area contributed by atoms with Gasteiger partial charge >= 0.3 is 0 Å². The lowest BCUT2D eigenvalue weighted by Gasteiger charge is -2.25. The Morgan fingerprint density at radius 3 is 2.06 bits per heavy atom. The monoisotopic (exact) mass is 215 g/mol. The zero-order valence-electron chi connectivity index (χ0n) is 9.45. The first-order valence-corrected chi connectivity index (χ1v) is 5.98. The fraction of sp³-hybridized carbons (Fsp3) is 0.500. The molecule has 2 nitrogen and oxygen atoms in total. The maximum absolute atomic E-state index is 9.48. The van der Waals surface area contributed by atoms with Crippen molar-refractivity contribution in [2.75, 3.05) is 0 Å². The highest BCUT2D eigenvalue weighted by molar-refractivity contribution is 5.36. The molecule has 2 heteroatoms. The third kappa shape index (κ3) is 2.04. The molecule has 1 aliphatic rings. The highest BCUT2D eigenvalue weighted by atomic mass is 16.3. The smallest absolute Gasteiger partial charge is 0.115 e. The minimum atomic E-state index is -0.315. The van der Waals surface area contributed by atoms with Crippen molar-refractivity contribution in [1.82, 2.24) is 0 Å². The second-order valence-corrected chi connectivity index (χ2v) is 4.65. The molecule has 0 bridgehead atoms. The van der Waals surface area contributed by atoms with Gasteiger partial charge in [0.2, 0.25) is 0 Å². The Bertz CT molecular complexity index is 380. The van der Waals surface area contributed by atoms with Crippen LogP contribution in [0.25, 0.3) is 0 Å². The van der Waals surface area contributed by atoms with Gasteiger partial charge in [0.25, 0.3) is 0 Å². The van der Waals surface area contributed by atoms with Gasteiger partial charge in [-0.3, -0.25) is 0 Å². The highest BCUT2D eigenvalue weighted by Crippen LogP contribution is 2.38. The van der Waals surface area contributed by atoms with Crippen LogP contribution in [0.15, 0.2) is 24.3 Å². The van der Waals surface area contributed by atoms with Gasteiger partial charge in [-0.15, -0.1) is 0 Å². The molecule has 1 fully saturated rings. The van der Waals surface area contributed by atoms with Gasteiger partial charge in [0.15, 0.2) is 0 Å². The third-order valence-electron chi connectivity index (χ3n) is 3.59. The number of phenolic OH excluding ortho intramolecular Hbond substituents is 1. The molecule has 1 aliphatic carbocycles. The summed E-state index contributed by atoms with van der Waals surface area (Å²) in [5.74, 6) is 0.269. The Kier molecular flexibility index (Phi) is 3.14. The van der Waals surface area contributed by atoms with Crippen LogP contribution in [0.5, 0.6) is 5.75 Å². The van der Waals surface area contributed by atoms with E-state index in [2.05, 4.69) is 6.07 Å². The molecule has 0 heterocycles. The molecule has 0 radical (unpaired) electrons. The largest absolute Gasteiger partial charge is 0.508 e. The molecule has 0 amide bonds. The molecule has 0 atom stereocenters. The van der Waals surface area contributed by atoms with E-state index in [0.29, 0.717) is 0 Å². The summed E-state index contributed by atoms with van der Waals surface area (Å²) >= 11 is 0. The van der Waals surface area contributed by atoms with Crippen LogP contribution in [-0.4, -0.2) is 5.11 Å². The van der Waals surface area contributed by atoms with Crippen molar-refractivity contribution in [2.24, 2.45) is 0 Å². The SMILES string of the molecule is N#CC1(c2ccc(O)cc2)CCCCCC1. The maximum atomic E-state index is 9.48. The number of nitrogens with zero attached hydrogens (tertiary/aromatic N) is 1. The van der Waals surface area contributed by atoms with Crippen molar-refractivity contribution in [2.45, 2.75) is 43.9 Å². The van der Waals surface area contributed by atoms with Gasteiger partial charge in [0, 0.05) is 0 Å². The van der Waals surface area contributed by atoms with Crippen LogP contribution in [0.3, 0.4) is 0 Å². The van der Waals surface area contributed by atoms with Crippen LogP contribution in [0, 0.1) is 11.3 Å². The van der Waals surface area contributed by atoms with Gasteiger partial charge in [-0.2, -0.15) is 5.26 Å². The predicted molar refractivity (Wildman–Crippen MR) is 63.1 cm³/mol. The zero-order chi connectivity index (χ0) is 11.4. The number of hydrogen-bond acceptors (Lipinski definition) is 2. The molecule has 0 unspecified atom stereocenters. The van der Waals surface area contributed by atoms with Crippen molar-refractivity contribution < 1.29 is 5.11 Å². The molecule has 0 spiro atoms. The zero-order valence-corrected chi connectivity index (χ0v) is 9.45. The topological polar surface area (TPSA) is 44.0 Å². The average Bonchev–Trinajstić information content (AvgIpc) is 2.56. The second-order valence-electron chi connectivity index (χ2n) is 4.65. The van der Waals surface area contributed by atoms with Crippen molar-refractivity contribution in [3.8, 4) is 11.8 Å². The molecule has 16 heavy (non-hydrogen) atoms. The predicted octanol–water partition coefficient (Wildman–Crippen LogP) is 3.51. The summed E-state index contributed by atoms with van der Waals surface area (Å²) in [5.41, 5.74) is 0.749. The Balaban J connectivity index is 2.33. The highest BCUT2D eigenvalue weighted by Gasteiger charge is 2.32. The summed E-state index contributed by atoms with van der Waals surface area (Å²) in [6, 6.07) is 9.66. The van der Waals surface area contributed by atoms with E-state index in [1.807, 2.05) is 12.1 Å². The van der Waals surface area contributed by atoms with Crippen LogP contribution in [-0.2, 0) is 5.41 Å². The third-order valence-corrected chi connectivity index (χ3v) is 3.59. The first-order chi connectivity index (χ1) is 7.77. The molecule has 1 N–H and O–H groups in total. The van der Waals surface area contributed by atoms with Crippen LogP contribution in [0.4, 0.5) is 0 Å². The van der Waals surface area contributed by atoms with Crippen molar-refractivity contribution in [3.05, 3.63) is 29.8 Å². The molecule has 0 aliphatic heterocycles. The molecule has 84 valence electrons. The molecule has 1 aromatic rings. The number of aromatic hydroxyl groups is 1. The van der Waals surface area contributed by atoms with Crippen LogP contribution >= 0.6 is 0 Å². The van der Waals surface area contributed by atoms with Crippen LogP contribution in [0.2, 0.25) is 0 Å². The van der Waals surface area contributed by atoms with E-state index in [1.54, 1.807) is 12.1 Å². The standard InChI is InChI=1S/C14H17NO/c15-11-14(9-3-1-2-4-10-14)12-5-7-13(16)8-6-12/h5-8,16H,1-4,9-10H2. The van der Waals surface area contributed by atoms with E-state index in [4.69, 9.17) is 0 Å². The van der Waals surface area contributed by atoms with E-state index in [9.17, 15) is 10.4 Å². The summed E-state index contributed by atoms with van der Waals surface area (Å²) in [6.07, 6.45) is 6.65. The maximum Gasteiger partial charge on any atom is 0.115 e. The number of benzene rings is 1. The molecule has 1 aromatic carbocycles. The second kappa shape index (κ2) is 4.57. The minimum absolute atomic E-state index is 0.269. The number of rotatable bonds is 1. The quantitative estimate of drug-likeness (QED) is 0.728. The molecule has 1 saturated carbocycles. The lowest BCUT2D eigenvalue weighted by atomic mass is 9.76. The number of phenols is 1. The van der Waals surface area contributed by atoms with Crippen molar-refractivity contribution >= 4 is 0 Å². The lowest BCUT2D eigenvalue weighted by Crippen LogP contribution is -2.22. The van der Waals surface area contributed by atoms with Crippen molar-refractivity contribution in [3.63, 3.8) is 0 Å². The van der Waals surface area contributed by atoms with Gasteiger partial charge in [0.1, 0.15) is 5.75 Å². The van der Waals surface area contributed by atoms with Gasteiger partial charge in [-0.1, -0.05) is 37.8 Å². The van der Waals surface area contributed by atoms with Crippen LogP contribution in [0.1, 0.15) is 44.1 Å². The number of hydrogen-bond donors (Lipinski definition) is 1. The Morgan fingerprint density at radius 1 is 1.00 bits per heavy atom. The Morgan fingerprint density at radius 2 is 1.56 bits per heavy atom. The van der Waals surface area contributed by atoms with Crippen LogP contribution < -0.4 is 0 Å². The van der Waals surface area contributed by atoms with Gasteiger partial charge < -0.3 is 5.11 Å². The van der Waals surface area contributed by atoms with Gasteiger partial charge in [-0.25, -0.2) is 0 Å². The van der Waals surface area contributed by atoms with E-state index >= 15 is 0 Å². The molecule has 2 rings (SSSR count). The lowest BCUT2D eigenvalue weighted by molar-refractivity contribution is 0.464. The summed E-state index contributed by atoms with van der Waals surface area (Å²) in [5, 5.41) is 18.8. The molecule has 0 saturated heterocycles. The Hall–Kier alpha value is -1.49. The van der Waals surface area contributed by atoms with E-state index in [1.165, 1.54) is 12.8 Å². The molecular weight excluding hydrogens is 198 g/mol. The van der Waals surface area contributed by atoms with E-state index in [-0.39, 0.29) is 11.2 Å². The summed E-state index contributed by atoms with van der Waals surface area (Å²) in [7, 11) is 0. The average molecular weight is 215 g/mol.